The average molecular weight is 419 g/mol. The standard InChI is InChI=1S/C21H21ClN4.ClH.H2O/c1-3-4-5-14-6-7-15(11-16(14)22)26-19-10-13(2)25-17-8-9-18-21(20(17)19)24-12-23-18;;/h6-12,25-26H,3-5H2,1-2H3;1H;1H2. The van der Waals surface area contributed by atoms with Gasteiger partial charge in [0.25, 0.3) is 0 Å². The lowest BCUT2D eigenvalue weighted by molar-refractivity contribution is 0.795. The smallest absolute Gasteiger partial charge is 0.116 e. The molecule has 148 valence electrons. The minimum absolute atomic E-state index is 0. The number of aromatic amines is 1. The zero-order valence-corrected chi connectivity index (χ0v) is 17.4. The lowest BCUT2D eigenvalue weighted by Gasteiger charge is -2.13. The predicted octanol–water partition coefficient (Wildman–Crippen LogP) is 5.76. The van der Waals surface area contributed by atoms with Crippen LogP contribution in [0.3, 0.4) is 0 Å². The first kappa shape index (κ1) is 22.0. The number of hydrogen-bond acceptors (Lipinski definition) is 3. The van der Waals surface area contributed by atoms with Gasteiger partial charge >= 0.3 is 0 Å². The fraction of sp³-hybridized carbons (Fsp3) is 0.238. The molecule has 0 bridgehead atoms. The molecule has 2 heterocycles. The maximum absolute atomic E-state index is 6.49. The lowest BCUT2D eigenvalue weighted by Crippen LogP contribution is -1.96. The number of unbranched alkanes of at least 4 members (excludes halogenated alkanes) is 1. The summed E-state index contributed by atoms with van der Waals surface area (Å²) in [4.78, 5) is 12.2. The molecule has 0 amide bonds. The minimum Gasteiger partial charge on any atom is -0.412 e. The van der Waals surface area contributed by atoms with Crippen molar-refractivity contribution in [3.63, 3.8) is 0 Å². The molecule has 2 aromatic heterocycles. The minimum atomic E-state index is 0. The molecule has 0 saturated carbocycles. The van der Waals surface area contributed by atoms with Crippen molar-refractivity contribution in [3.05, 3.63) is 59.0 Å². The second-order valence-electron chi connectivity index (χ2n) is 6.63. The summed E-state index contributed by atoms with van der Waals surface area (Å²) >= 11 is 6.49. The number of hydrogen-bond donors (Lipinski definition) is 2. The number of halogens is 2. The van der Waals surface area contributed by atoms with Gasteiger partial charge in [0.2, 0.25) is 0 Å². The fourth-order valence-electron chi connectivity index (χ4n) is 3.33. The predicted molar refractivity (Wildman–Crippen MR) is 120 cm³/mol. The summed E-state index contributed by atoms with van der Waals surface area (Å²) in [6.45, 7) is 4.24. The van der Waals surface area contributed by atoms with Crippen LogP contribution in [0.2, 0.25) is 5.02 Å². The number of anilines is 2. The van der Waals surface area contributed by atoms with Gasteiger partial charge in [0.1, 0.15) is 11.8 Å². The number of aromatic nitrogens is 3. The first-order valence-corrected chi connectivity index (χ1v) is 9.32. The third-order valence-electron chi connectivity index (χ3n) is 4.63. The Morgan fingerprint density at radius 1 is 1.11 bits per heavy atom. The summed E-state index contributed by atoms with van der Waals surface area (Å²) in [6.07, 6.45) is 4.94. The Labute approximate surface area is 175 Å². The van der Waals surface area contributed by atoms with E-state index in [-0.39, 0.29) is 17.9 Å². The normalized spacial score (nSPS) is 10.5. The van der Waals surface area contributed by atoms with Gasteiger partial charge in [0.05, 0.1) is 11.2 Å². The van der Waals surface area contributed by atoms with Gasteiger partial charge in [-0.25, -0.2) is 9.97 Å². The van der Waals surface area contributed by atoms with Crippen LogP contribution in [-0.2, 0) is 6.42 Å². The maximum atomic E-state index is 6.49. The van der Waals surface area contributed by atoms with E-state index >= 15 is 0 Å². The van der Waals surface area contributed by atoms with Crippen LogP contribution in [0.4, 0.5) is 11.4 Å². The van der Waals surface area contributed by atoms with Crippen molar-refractivity contribution >= 4 is 57.3 Å². The van der Waals surface area contributed by atoms with Gasteiger partial charge in [0.15, 0.2) is 0 Å². The van der Waals surface area contributed by atoms with Crippen molar-refractivity contribution in [3.8, 4) is 0 Å². The van der Waals surface area contributed by atoms with Gasteiger partial charge in [-0.05, 0) is 55.7 Å². The van der Waals surface area contributed by atoms with Gasteiger partial charge < -0.3 is 15.8 Å². The van der Waals surface area contributed by atoms with Crippen LogP contribution in [0.25, 0.3) is 21.9 Å². The summed E-state index contributed by atoms with van der Waals surface area (Å²) in [7, 11) is 0. The van der Waals surface area contributed by atoms with Crippen molar-refractivity contribution in [2.45, 2.75) is 33.1 Å². The van der Waals surface area contributed by atoms with Gasteiger partial charge in [-0.1, -0.05) is 31.0 Å². The Morgan fingerprint density at radius 3 is 2.68 bits per heavy atom. The summed E-state index contributed by atoms with van der Waals surface area (Å²) in [5, 5.41) is 5.37. The Kier molecular flexibility index (Phi) is 7.24. The number of rotatable bonds is 5. The molecule has 0 aliphatic heterocycles. The van der Waals surface area contributed by atoms with E-state index in [0.717, 1.165) is 56.9 Å². The zero-order valence-electron chi connectivity index (χ0n) is 15.8. The number of H-pyrrole nitrogens is 1. The average Bonchev–Trinajstić information content (AvgIpc) is 3.09. The molecule has 0 aliphatic rings. The van der Waals surface area contributed by atoms with Gasteiger partial charge in [0, 0.05) is 27.3 Å². The number of benzene rings is 2. The number of imidazole rings is 1. The van der Waals surface area contributed by atoms with Gasteiger partial charge in [-0.2, -0.15) is 0 Å². The van der Waals surface area contributed by atoms with Crippen molar-refractivity contribution in [2.75, 3.05) is 5.32 Å². The van der Waals surface area contributed by atoms with Gasteiger partial charge in [-0.3, -0.25) is 0 Å². The van der Waals surface area contributed by atoms with Crippen LogP contribution in [0.1, 0.15) is 31.0 Å². The topological polar surface area (TPSA) is 85.1 Å². The third-order valence-corrected chi connectivity index (χ3v) is 4.99. The zero-order chi connectivity index (χ0) is 18.1. The van der Waals surface area contributed by atoms with Crippen molar-refractivity contribution in [1.29, 1.82) is 0 Å². The molecule has 7 heteroatoms. The molecular formula is C21H24Cl2N4O. The molecule has 28 heavy (non-hydrogen) atoms. The molecule has 0 atom stereocenters. The monoisotopic (exact) mass is 418 g/mol. The van der Waals surface area contributed by atoms with E-state index < -0.39 is 0 Å². The van der Waals surface area contributed by atoms with Crippen LogP contribution in [0, 0.1) is 6.92 Å². The Morgan fingerprint density at radius 2 is 1.93 bits per heavy atom. The Balaban J connectivity index is 0.00000140. The van der Waals surface area contributed by atoms with Crippen molar-refractivity contribution < 1.29 is 5.48 Å². The van der Waals surface area contributed by atoms with E-state index in [9.17, 15) is 0 Å². The highest BCUT2D eigenvalue weighted by molar-refractivity contribution is 6.31. The number of fused-ring (bicyclic) bond motifs is 3. The van der Waals surface area contributed by atoms with E-state index in [1.54, 1.807) is 6.33 Å². The van der Waals surface area contributed by atoms with Crippen molar-refractivity contribution in [2.24, 2.45) is 0 Å². The molecule has 4 aromatic rings. The van der Waals surface area contributed by atoms with E-state index in [2.05, 4.69) is 45.4 Å². The quantitative estimate of drug-likeness (QED) is 0.432. The van der Waals surface area contributed by atoms with E-state index in [0.29, 0.717) is 0 Å². The van der Waals surface area contributed by atoms with Crippen LogP contribution in [0.15, 0.2) is 42.7 Å². The molecule has 0 saturated heterocycles. The number of nitrogens with zero attached hydrogens (tertiary/aromatic N) is 2. The van der Waals surface area contributed by atoms with Crippen LogP contribution >= 0.6 is 24.0 Å². The summed E-state index contributed by atoms with van der Waals surface area (Å²) in [5.41, 5.74) is 7.07. The molecule has 0 unspecified atom stereocenters. The summed E-state index contributed by atoms with van der Waals surface area (Å²) < 4.78 is 0. The highest BCUT2D eigenvalue weighted by atomic mass is 35.5. The SMILES string of the molecule is CCCCc1ccc(Nc2cc(C)[nH]c3ccc4ncnc4c23)cc1Cl.Cl.O. The molecule has 0 spiro atoms. The summed E-state index contributed by atoms with van der Waals surface area (Å²) in [5.74, 6) is 0. The maximum Gasteiger partial charge on any atom is 0.116 e. The second kappa shape index (κ2) is 9.24. The van der Waals surface area contributed by atoms with Crippen LogP contribution in [0.5, 0.6) is 0 Å². The lowest BCUT2D eigenvalue weighted by atomic mass is 10.1. The number of aryl methyl sites for hydroxylation is 2. The number of nitrogens with one attached hydrogen (secondary N) is 2. The molecule has 4 rings (SSSR count). The molecule has 0 radical (unpaired) electrons. The molecular weight excluding hydrogens is 395 g/mol. The highest BCUT2D eigenvalue weighted by Gasteiger charge is 2.11. The Hall–Kier alpha value is -2.34. The fourth-order valence-corrected chi connectivity index (χ4v) is 3.60. The molecule has 5 nitrogen and oxygen atoms in total. The Bertz CT molecular complexity index is 1090. The highest BCUT2D eigenvalue weighted by Crippen LogP contribution is 2.32. The van der Waals surface area contributed by atoms with Crippen LogP contribution in [-0.4, -0.2) is 20.4 Å². The second-order valence-corrected chi connectivity index (χ2v) is 7.04. The van der Waals surface area contributed by atoms with Crippen molar-refractivity contribution in [1.82, 2.24) is 15.0 Å². The van der Waals surface area contributed by atoms with E-state index in [1.165, 1.54) is 12.0 Å². The van der Waals surface area contributed by atoms with E-state index in [1.807, 2.05) is 25.1 Å². The molecule has 0 aliphatic carbocycles. The largest absolute Gasteiger partial charge is 0.412 e. The third kappa shape index (κ3) is 4.22. The molecule has 2 aromatic carbocycles. The van der Waals surface area contributed by atoms with Crippen LogP contribution < -0.4 is 5.32 Å². The first-order valence-electron chi connectivity index (χ1n) is 8.94. The first-order chi connectivity index (χ1) is 12.7. The summed E-state index contributed by atoms with van der Waals surface area (Å²) in [6, 6.07) is 12.3. The van der Waals surface area contributed by atoms with Gasteiger partial charge in [-0.15, -0.1) is 12.4 Å². The van der Waals surface area contributed by atoms with E-state index in [4.69, 9.17) is 11.6 Å². The molecule has 0 fully saturated rings. The number of pyridine rings is 1. The molecule has 4 N–H and O–H groups in total.